The van der Waals surface area contributed by atoms with Crippen LogP contribution in [0.5, 0.6) is 5.75 Å². The Hall–Kier alpha value is -2.07. The highest BCUT2D eigenvalue weighted by Crippen LogP contribution is 2.27. The monoisotopic (exact) mass is 330 g/mol. The lowest BCUT2D eigenvalue weighted by molar-refractivity contribution is 0.407. The maximum atomic E-state index is 12.2. The molecule has 0 spiro atoms. The molecule has 0 radical (unpaired) electrons. The molecular weight excluding hydrogens is 320 g/mol. The van der Waals surface area contributed by atoms with Gasteiger partial charge in [0.05, 0.1) is 12.7 Å². The van der Waals surface area contributed by atoms with E-state index in [2.05, 4.69) is 15.9 Å². The summed E-state index contributed by atoms with van der Waals surface area (Å²) in [5.41, 5.74) is 1.47. The van der Waals surface area contributed by atoms with Gasteiger partial charge in [0.25, 0.3) is 0 Å². The summed E-state index contributed by atoms with van der Waals surface area (Å²) in [6.45, 7) is 0. The number of ether oxygens (including phenoxy) is 1. The molecule has 20 heavy (non-hydrogen) atoms. The molecule has 0 saturated carbocycles. The molecule has 3 aromatic rings. The van der Waals surface area contributed by atoms with Crippen LogP contribution >= 0.6 is 15.9 Å². The fraction of sp³-hybridized carbons (Fsp3) is 0.0625. The van der Waals surface area contributed by atoms with E-state index in [9.17, 15) is 4.79 Å². The second kappa shape index (κ2) is 5.13. The van der Waals surface area contributed by atoms with E-state index >= 15 is 0 Å². The minimum absolute atomic E-state index is 0.371. The number of methoxy groups -OCH3 is 1. The summed E-state index contributed by atoms with van der Waals surface area (Å²) in [4.78, 5) is 12.2. The number of benzene rings is 2. The van der Waals surface area contributed by atoms with Crippen molar-refractivity contribution in [1.82, 2.24) is 0 Å². The molecule has 0 aliphatic carbocycles. The molecule has 100 valence electrons. The van der Waals surface area contributed by atoms with Crippen molar-refractivity contribution in [3.8, 4) is 16.9 Å². The predicted octanol–water partition coefficient (Wildman–Crippen LogP) is 4.23. The molecule has 0 N–H and O–H groups in total. The molecule has 1 heterocycles. The van der Waals surface area contributed by atoms with Gasteiger partial charge in [-0.25, -0.2) is 4.79 Å². The van der Waals surface area contributed by atoms with E-state index in [1.165, 1.54) is 0 Å². The van der Waals surface area contributed by atoms with Gasteiger partial charge in [-0.3, -0.25) is 0 Å². The molecule has 0 aliphatic rings. The smallest absolute Gasteiger partial charge is 0.344 e. The van der Waals surface area contributed by atoms with Crippen molar-refractivity contribution in [3.63, 3.8) is 0 Å². The highest BCUT2D eigenvalue weighted by molar-refractivity contribution is 9.10. The van der Waals surface area contributed by atoms with Crippen molar-refractivity contribution < 1.29 is 9.15 Å². The van der Waals surface area contributed by atoms with Crippen LogP contribution in [0, 0.1) is 0 Å². The van der Waals surface area contributed by atoms with Crippen molar-refractivity contribution in [2.24, 2.45) is 0 Å². The van der Waals surface area contributed by atoms with E-state index in [1.54, 1.807) is 13.2 Å². The van der Waals surface area contributed by atoms with Gasteiger partial charge >= 0.3 is 5.63 Å². The molecule has 1 aromatic heterocycles. The Labute approximate surface area is 123 Å². The molecule has 3 nitrogen and oxygen atoms in total. The molecule has 0 amide bonds. The van der Waals surface area contributed by atoms with Gasteiger partial charge in [0, 0.05) is 9.86 Å². The first-order valence-electron chi connectivity index (χ1n) is 6.06. The Morgan fingerprint density at radius 3 is 2.55 bits per heavy atom. The maximum absolute atomic E-state index is 12.2. The van der Waals surface area contributed by atoms with E-state index in [4.69, 9.17) is 9.15 Å². The van der Waals surface area contributed by atoms with E-state index in [1.807, 2.05) is 42.5 Å². The molecule has 0 unspecified atom stereocenters. The first kappa shape index (κ1) is 12.9. The van der Waals surface area contributed by atoms with Crippen LogP contribution in [0.15, 0.2) is 62.2 Å². The molecule has 0 saturated heterocycles. The molecule has 0 fully saturated rings. The Bertz CT molecular complexity index is 819. The van der Waals surface area contributed by atoms with Gasteiger partial charge in [-0.05, 0) is 29.8 Å². The summed E-state index contributed by atoms with van der Waals surface area (Å²) in [5.74, 6) is 0.557. The third-order valence-corrected chi connectivity index (χ3v) is 3.63. The van der Waals surface area contributed by atoms with Gasteiger partial charge in [0.2, 0.25) is 0 Å². The first-order chi connectivity index (χ1) is 9.69. The quantitative estimate of drug-likeness (QED) is 0.660. The lowest BCUT2D eigenvalue weighted by atomic mass is 10.1. The second-order valence-electron chi connectivity index (χ2n) is 4.33. The van der Waals surface area contributed by atoms with E-state index in [0.717, 1.165) is 15.4 Å². The fourth-order valence-electron chi connectivity index (χ4n) is 2.11. The molecular formula is C16H11BrO3. The predicted molar refractivity (Wildman–Crippen MR) is 82.2 cm³/mol. The summed E-state index contributed by atoms with van der Waals surface area (Å²) in [6.07, 6.45) is 0. The summed E-state index contributed by atoms with van der Waals surface area (Å²) in [6, 6.07) is 14.9. The average molecular weight is 331 g/mol. The zero-order valence-electron chi connectivity index (χ0n) is 10.7. The van der Waals surface area contributed by atoms with Crippen LogP contribution in [0.2, 0.25) is 0 Å². The summed E-state index contributed by atoms with van der Waals surface area (Å²) in [5, 5.41) is 0.835. The Kier molecular flexibility index (Phi) is 3.32. The topological polar surface area (TPSA) is 39.4 Å². The van der Waals surface area contributed by atoms with E-state index in [-0.39, 0.29) is 5.63 Å². The minimum Gasteiger partial charge on any atom is -0.493 e. The highest BCUT2D eigenvalue weighted by atomic mass is 79.9. The van der Waals surface area contributed by atoms with Crippen LogP contribution in [0.25, 0.3) is 22.1 Å². The van der Waals surface area contributed by atoms with Gasteiger partial charge in [-0.2, -0.15) is 0 Å². The van der Waals surface area contributed by atoms with E-state index in [0.29, 0.717) is 16.9 Å². The van der Waals surface area contributed by atoms with Crippen molar-refractivity contribution in [2.75, 3.05) is 7.11 Å². The number of rotatable bonds is 2. The minimum atomic E-state index is -0.371. The van der Waals surface area contributed by atoms with Crippen LogP contribution in [-0.4, -0.2) is 7.11 Å². The SMILES string of the molecule is COc1cccc2cc(-c3ccc(Br)cc3)c(=O)oc12. The highest BCUT2D eigenvalue weighted by Gasteiger charge is 2.10. The Morgan fingerprint density at radius 2 is 1.85 bits per heavy atom. The van der Waals surface area contributed by atoms with Crippen LogP contribution in [-0.2, 0) is 0 Å². The van der Waals surface area contributed by atoms with Crippen LogP contribution < -0.4 is 10.4 Å². The molecule has 0 bridgehead atoms. The molecule has 0 atom stereocenters. The Balaban J connectivity index is 2.25. The van der Waals surface area contributed by atoms with Gasteiger partial charge < -0.3 is 9.15 Å². The number of halogens is 1. The standard InChI is InChI=1S/C16H11BrO3/c1-19-14-4-2-3-11-9-13(16(18)20-15(11)14)10-5-7-12(17)8-6-10/h2-9H,1H3. The number of para-hydroxylation sites is 1. The van der Waals surface area contributed by atoms with E-state index < -0.39 is 0 Å². The normalized spacial score (nSPS) is 10.7. The average Bonchev–Trinajstić information content (AvgIpc) is 2.47. The molecule has 2 aromatic carbocycles. The molecule has 4 heteroatoms. The van der Waals surface area contributed by atoms with Gasteiger partial charge in [-0.15, -0.1) is 0 Å². The number of hydrogen-bond donors (Lipinski definition) is 0. The number of fused-ring (bicyclic) bond motifs is 1. The van der Waals surface area contributed by atoms with Crippen LogP contribution in [0.1, 0.15) is 0 Å². The van der Waals surface area contributed by atoms with Crippen LogP contribution in [0.4, 0.5) is 0 Å². The maximum Gasteiger partial charge on any atom is 0.344 e. The third-order valence-electron chi connectivity index (χ3n) is 3.10. The van der Waals surface area contributed by atoms with Crippen molar-refractivity contribution in [1.29, 1.82) is 0 Å². The van der Waals surface area contributed by atoms with Crippen LogP contribution in [0.3, 0.4) is 0 Å². The lowest BCUT2D eigenvalue weighted by Crippen LogP contribution is -2.03. The van der Waals surface area contributed by atoms with Crippen molar-refractivity contribution >= 4 is 26.9 Å². The first-order valence-corrected chi connectivity index (χ1v) is 6.85. The summed E-state index contributed by atoms with van der Waals surface area (Å²) in [7, 11) is 1.55. The zero-order chi connectivity index (χ0) is 14.1. The van der Waals surface area contributed by atoms with Gasteiger partial charge in [0.15, 0.2) is 11.3 Å². The Morgan fingerprint density at radius 1 is 1.10 bits per heavy atom. The van der Waals surface area contributed by atoms with Crippen molar-refractivity contribution in [3.05, 3.63) is 63.4 Å². The lowest BCUT2D eigenvalue weighted by Gasteiger charge is -2.06. The van der Waals surface area contributed by atoms with Gasteiger partial charge in [-0.1, -0.05) is 40.2 Å². The van der Waals surface area contributed by atoms with Gasteiger partial charge in [0.1, 0.15) is 0 Å². The third kappa shape index (κ3) is 2.23. The molecule has 3 rings (SSSR count). The number of hydrogen-bond acceptors (Lipinski definition) is 3. The largest absolute Gasteiger partial charge is 0.493 e. The van der Waals surface area contributed by atoms with Crippen molar-refractivity contribution in [2.45, 2.75) is 0 Å². The summed E-state index contributed by atoms with van der Waals surface area (Å²) >= 11 is 3.38. The molecule has 0 aliphatic heterocycles. The fourth-order valence-corrected chi connectivity index (χ4v) is 2.37. The zero-order valence-corrected chi connectivity index (χ0v) is 12.3. The second-order valence-corrected chi connectivity index (χ2v) is 5.25. The summed E-state index contributed by atoms with van der Waals surface area (Å²) < 4.78 is 11.6.